The van der Waals surface area contributed by atoms with Crippen molar-refractivity contribution in [2.75, 3.05) is 0 Å². The van der Waals surface area contributed by atoms with E-state index in [2.05, 4.69) is 134 Å². The lowest BCUT2D eigenvalue weighted by atomic mass is 9.77. The molecule has 2 aromatic carbocycles. The molecule has 1 saturated carbocycles. The number of aliphatic imine (C=N–C) groups is 2. The Balaban J connectivity index is 2.00. The molecular formula is C38H58N2. The van der Waals surface area contributed by atoms with Crippen molar-refractivity contribution in [3.63, 3.8) is 0 Å². The number of nitrogens with zero attached hydrogens (tertiary/aromatic N) is 2. The number of hydrogen-bond acceptors (Lipinski definition) is 2. The van der Waals surface area contributed by atoms with Gasteiger partial charge in [-0.1, -0.05) is 108 Å². The van der Waals surface area contributed by atoms with E-state index in [0.29, 0.717) is 0 Å². The van der Waals surface area contributed by atoms with Crippen molar-refractivity contribution < 1.29 is 0 Å². The Morgan fingerprint density at radius 2 is 0.850 bits per heavy atom. The SMILES string of the molecule is Cc1c(/C=N/[C@H]2CCCC[C@@H]2/N=C/c2cc(C(C)(C)C)cc(C(C)(C)C)c2C)cc(C(C)(C)C)cc1C(C)(C)C. The van der Waals surface area contributed by atoms with Crippen molar-refractivity contribution >= 4 is 12.4 Å². The quantitative estimate of drug-likeness (QED) is 0.343. The second-order valence-electron chi connectivity index (χ2n) is 16.5. The van der Waals surface area contributed by atoms with Crippen LogP contribution in [0.1, 0.15) is 153 Å². The summed E-state index contributed by atoms with van der Waals surface area (Å²) in [4.78, 5) is 10.5. The maximum absolute atomic E-state index is 5.25. The van der Waals surface area contributed by atoms with E-state index in [-0.39, 0.29) is 33.7 Å². The minimum Gasteiger partial charge on any atom is -0.287 e. The van der Waals surface area contributed by atoms with E-state index in [0.717, 1.165) is 12.8 Å². The number of benzene rings is 2. The van der Waals surface area contributed by atoms with Crippen LogP contribution >= 0.6 is 0 Å². The van der Waals surface area contributed by atoms with Crippen LogP contribution in [0.5, 0.6) is 0 Å². The van der Waals surface area contributed by atoms with Gasteiger partial charge in [0.25, 0.3) is 0 Å². The summed E-state index contributed by atoms with van der Waals surface area (Å²) in [6, 6.07) is 10.0. The maximum Gasteiger partial charge on any atom is 0.0723 e. The zero-order valence-corrected chi connectivity index (χ0v) is 28.3. The van der Waals surface area contributed by atoms with Gasteiger partial charge in [-0.05, 0) is 105 Å². The van der Waals surface area contributed by atoms with E-state index in [1.807, 2.05) is 0 Å². The monoisotopic (exact) mass is 542 g/mol. The molecule has 1 fully saturated rings. The molecule has 0 radical (unpaired) electrons. The average Bonchev–Trinajstić information content (AvgIpc) is 2.80. The zero-order valence-electron chi connectivity index (χ0n) is 28.3. The van der Waals surface area contributed by atoms with Gasteiger partial charge in [0, 0.05) is 12.4 Å². The minimum absolute atomic E-state index is 0.0942. The Morgan fingerprint density at radius 3 is 1.12 bits per heavy atom. The third-order valence-corrected chi connectivity index (χ3v) is 8.75. The Bertz CT molecular complexity index is 1150. The van der Waals surface area contributed by atoms with Crippen molar-refractivity contribution in [3.8, 4) is 0 Å². The molecule has 2 atom stereocenters. The Morgan fingerprint density at radius 1 is 0.525 bits per heavy atom. The van der Waals surface area contributed by atoms with E-state index < -0.39 is 0 Å². The van der Waals surface area contributed by atoms with Crippen LogP contribution in [0.2, 0.25) is 0 Å². The van der Waals surface area contributed by atoms with Gasteiger partial charge in [0.2, 0.25) is 0 Å². The van der Waals surface area contributed by atoms with E-state index in [4.69, 9.17) is 9.98 Å². The highest BCUT2D eigenvalue weighted by Gasteiger charge is 2.27. The Labute approximate surface area is 247 Å². The van der Waals surface area contributed by atoms with E-state index >= 15 is 0 Å². The molecule has 0 aromatic heterocycles. The highest BCUT2D eigenvalue weighted by molar-refractivity contribution is 5.84. The van der Waals surface area contributed by atoms with E-state index in [1.165, 1.54) is 57.3 Å². The molecule has 2 aromatic rings. The minimum atomic E-state index is 0.0942. The average molecular weight is 543 g/mol. The van der Waals surface area contributed by atoms with Crippen molar-refractivity contribution in [2.24, 2.45) is 9.98 Å². The van der Waals surface area contributed by atoms with Gasteiger partial charge in [0.15, 0.2) is 0 Å². The molecular weight excluding hydrogens is 484 g/mol. The molecule has 2 nitrogen and oxygen atoms in total. The summed E-state index contributed by atoms with van der Waals surface area (Å²) in [6.45, 7) is 32.3. The predicted molar refractivity (Wildman–Crippen MR) is 178 cm³/mol. The van der Waals surface area contributed by atoms with Crippen LogP contribution in [-0.4, -0.2) is 24.5 Å². The fraction of sp³-hybridized carbons (Fsp3) is 0.632. The van der Waals surface area contributed by atoms with Gasteiger partial charge >= 0.3 is 0 Å². The van der Waals surface area contributed by atoms with Crippen LogP contribution in [0, 0.1) is 13.8 Å². The summed E-state index contributed by atoms with van der Waals surface area (Å²) < 4.78 is 0. The lowest BCUT2D eigenvalue weighted by Crippen LogP contribution is -2.27. The van der Waals surface area contributed by atoms with Crippen molar-refractivity contribution in [1.82, 2.24) is 0 Å². The molecule has 1 aliphatic carbocycles. The summed E-state index contributed by atoms with van der Waals surface area (Å²) in [5.41, 5.74) is 11.2. The van der Waals surface area contributed by atoms with Gasteiger partial charge < -0.3 is 0 Å². The normalized spacial score (nSPS) is 19.6. The van der Waals surface area contributed by atoms with Crippen molar-refractivity contribution in [1.29, 1.82) is 0 Å². The molecule has 0 N–H and O–H groups in total. The molecule has 0 aliphatic heterocycles. The lowest BCUT2D eigenvalue weighted by molar-refractivity contribution is 0.390. The van der Waals surface area contributed by atoms with Crippen molar-refractivity contribution in [3.05, 3.63) is 68.8 Å². The summed E-state index contributed by atoms with van der Waals surface area (Å²) in [5.74, 6) is 0. The van der Waals surface area contributed by atoms with Gasteiger partial charge in [-0.3, -0.25) is 9.98 Å². The predicted octanol–water partition coefficient (Wildman–Crippen LogP) is 10.3. The van der Waals surface area contributed by atoms with Gasteiger partial charge in [-0.2, -0.15) is 0 Å². The second kappa shape index (κ2) is 11.6. The second-order valence-corrected chi connectivity index (χ2v) is 16.5. The molecule has 0 heterocycles. The van der Waals surface area contributed by atoms with Gasteiger partial charge in [-0.15, -0.1) is 0 Å². The summed E-state index contributed by atoms with van der Waals surface area (Å²) >= 11 is 0. The first-order valence-corrected chi connectivity index (χ1v) is 15.6. The smallest absolute Gasteiger partial charge is 0.0723 e. The lowest BCUT2D eigenvalue weighted by Gasteiger charge is -2.29. The van der Waals surface area contributed by atoms with E-state index in [9.17, 15) is 0 Å². The van der Waals surface area contributed by atoms with Crippen LogP contribution < -0.4 is 0 Å². The fourth-order valence-electron chi connectivity index (χ4n) is 5.96. The van der Waals surface area contributed by atoms with Crippen molar-refractivity contribution in [2.45, 2.75) is 156 Å². The highest BCUT2D eigenvalue weighted by atomic mass is 14.9. The first-order chi connectivity index (χ1) is 18.2. The van der Waals surface area contributed by atoms with Crippen LogP contribution in [0.3, 0.4) is 0 Å². The molecule has 0 saturated heterocycles. The first kappa shape index (κ1) is 32.3. The summed E-state index contributed by atoms with van der Waals surface area (Å²) in [5, 5.41) is 0. The van der Waals surface area contributed by atoms with Crippen LogP contribution in [0.25, 0.3) is 0 Å². The fourth-order valence-corrected chi connectivity index (χ4v) is 5.96. The first-order valence-electron chi connectivity index (χ1n) is 15.6. The number of rotatable bonds is 4. The topological polar surface area (TPSA) is 24.7 Å². The molecule has 220 valence electrons. The maximum atomic E-state index is 5.25. The van der Waals surface area contributed by atoms with Gasteiger partial charge in [0.05, 0.1) is 12.1 Å². The third-order valence-electron chi connectivity index (χ3n) is 8.75. The molecule has 0 spiro atoms. The molecule has 2 heteroatoms. The molecule has 0 unspecified atom stereocenters. The molecule has 40 heavy (non-hydrogen) atoms. The molecule has 0 bridgehead atoms. The highest BCUT2D eigenvalue weighted by Crippen LogP contribution is 2.35. The Kier molecular flexibility index (Phi) is 9.35. The third kappa shape index (κ3) is 7.74. The van der Waals surface area contributed by atoms with Crippen LogP contribution in [-0.2, 0) is 21.7 Å². The largest absolute Gasteiger partial charge is 0.287 e. The molecule has 0 amide bonds. The standard InChI is InChI=1S/C38H58N2/c1-25-27(19-29(35(3,4)5)21-31(25)37(9,10)11)23-39-33-17-15-16-18-34(33)40-24-28-20-30(36(6,7)8)22-32(26(28)2)38(12,13)14/h19-24,33-34H,15-18H2,1-14H3/b39-23+,40-24+/t33-,34-/m0/s1. The van der Waals surface area contributed by atoms with Gasteiger partial charge in [0.1, 0.15) is 0 Å². The van der Waals surface area contributed by atoms with Crippen LogP contribution in [0.4, 0.5) is 0 Å². The summed E-state index contributed by atoms with van der Waals surface area (Å²) in [6.07, 6.45) is 9.01. The summed E-state index contributed by atoms with van der Waals surface area (Å²) in [7, 11) is 0. The van der Waals surface area contributed by atoms with E-state index in [1.54, 1.807) is 0 Å². The zero-order chi connectivity index (χ0) is 30.3. The molecule has 3 rings (SSSR count). The van der Waals surface area contributed by atoms with Crippen LogP contribution in [0.15, 0.2) is 34.3 Å². The van der Waals surface area contributed by atoms with Gasteiger partial charge in [-0.25, -0.2) is 0 Å². The Hall–Kier alpha value is -2.22. The molecule has 1 aliphatic rings. The number of hydrogen-bond donors (Lipinski definition) is 0.